The molecule has 10 aromatic carbocycles. The Labute approximate surface area is 393 Å². The highest BCUT2D eigenvalue weighted by Gasteiger charge is 2.27. The maximum Gasteiger partial charge on any atom is 0.257 e. The van der Waals surface area contributed by atoms with E-state index < -0.39 is 0 Å². The Morgan fingerprint density at radius 1 is 0.324 bits per heavy atom. The lowest BCUT2D eigenvalue weighted by atomic mass is 9.93. The van der Waals surface area contributed by atoms with Crippen LogP contribution < -0.4 is 4.79 Å². The molecule has 0 aliphatic carbocycles. The molecule has 0 amide bonds. The van der Waals surface area contributed by atoms with Crippen molar-refractivity contribution in [2.24, 2.45) is 0 Å². The van der Waals surface area contributed by atoms with Gasteiger partial charge in [0.2, 0.25) is 5.82 Å². The van der Waals surface area contributed by atoms with Crippen LogP contribution >= 0.6 is 0 Å². The van der Waals surface area contributed by atoms with Crippen LogP contribution in [0.15, 0.2) is 255 Å². The third-order valence-electron chi connectivity index (χ3n) is 13.3. The molecule has 0 spiro atoms. The van der Waals surface area contributed by atoms with Crippen molar-refractivity contribution >= 4 is 43.6 Å². The molecule has 318 valence electrons. The Morgan fingerprint density at radius 3 is 1.43 bits per heavy atom. The van der Waals surface area contributed by atoms with Gasteiger partial charge in [-0.25, -0.2) is 4.98 Å². The second-order valence-corrected chi connectivity index (χ2v) is 17.2. The molecule has 0 bridgehead atoms. The molecule has 0 fully saturated rings. The molecule has 0 radical (unpaired) electrons. The summed E-state index contributed by atoms with van der Waals surface area (Å²) in [6.07, 6.45) is 2.07. The molecule has 3 heterocycles. The third kappa shape index (κ3) is 6.59. The zero-order chi connectivity index (χ0) is 45.0. The van der Waals surface area contributed by atoms with Gasteiger partial charge in [0, 0.05) is 43.0 Å². The van der Waals surface area contributed by atoms with Crippen LogP contribution in [0.4, 0.5) is 0 Å². The highest BCUT2D eigenvalue weighted by molar-refractivity contribution is 6.28. The summed E-state index contributed by atoms with van der Waals surface area (Å²) >= 11 is 0. The molecule has 5 heteroatoms. The van der Waals surface area contributed by atoms with E-state index in [9.17, 15) is 0 Å². The van der Waals surface area contributed by atoms with E-state index in [4.69, 9.17) is 10.1 Å². The maximum atomic E-state index is 5.38. The Morgan fingerprint density at radius 2 is 0.794 bits per heavy atom. The standard InChI is InChI=1S/C63H42N5/c1-5-18-43(19-6-1)45-32-36-48(37-33-45)54-42-66(65-63(64-54)50-38-34-46(35-39-50)44-20-7-2-8-21-44)68-56-30-16-14-27-53(56)62-59(68)41-40-58-61(62)52-26-13-15-29-55(52)67(58)57-31-17-28-51(47-22-9-3-10-23-47)60(57)49-24-11-4-12-25-49/h1-42H/q+1. The minimum atomic E-state index is 0.629. The Hall–Kier alpha value is -9.19. The van der Waals surface area contributed by atoms with Crippen molar-refractivity contribution in [1.82, 2.24) is 19.3 Å². The average Bonchev–Trinajstić information content (AvgIpc) is 3.94. The van der Waals surface area contributed by atoms with Gasteiger partial charge in [0.05, 0.1) is 21.8 Å². The lowest BCUT2D eigenvalue weighted by molar-refractivity contribution is -0.775. The van der Waals surface area contributed by atoms with Crippen LogP contribution in [0.2, 0.25) is 0 Å². The van der Waals surface area contributed by atoms with Gasteiger partial charge in [-0.15, -0.1) is 0 Å². The van der Waals surface area contributed by atoms with Gasteiger partial charge in [-0.2, -0.15) is 0 Å². The van der Waals surface area contributed by atoms with Gasteiger partial charge < -0.3 is 4.57 Å². The highest BCUT2D eigenvalue weighted by atomic mass is 15.6. The average molecular weight is 869 g/mol. The molecule has 13 aromatic rings. The SMILES string of the molecule is c1ccc(-c2ccc(-c3c[n+](-n4c5ccccc5c5c6c7ccccc7n(-c7cccc(-c8ccccc8)c7-c7ccccc7)c6ccc54)nc(-c4ccc(-c5ccccc5)cc4)n3)cc2)cc1. The van der Waals surface area contributed by atoms with Gasteiger partial charge in [-0.05, 0) is 69.3 Å². The number of hydrogen-bond acceptors (Lipinski definition) is 2. The van der Waals surface area contributed by atoms with Crippen molar-refractivity contribution in [1.29, 1.82) is 0 Å². The summed E-state index contributed by atoms with van der Waals surface area (Å²) in [5.41, 5.74) is 17.6. The van der Waals surface area contributed by atoms with Gasteiger partial charge >= 0.3 is 0 Å². The molecule has 0 aliphatic heterocycles. The van der Waals surface area contributed by atoms with Crippen molar-refractivity contribution in [3.8, 4) is 72.8 Å². The van der Waals surface area contributed by atoms with Crippen molar-refractivity contribution in [3.63, 3.8) is 0 Å². The predicted molar refractivity (Wildman–Crippen MR) is 279 cm³/mol. The molecule has 0 atom stereocenters. The summed E-state index contributed by atoms with van der Waals surface area (Å²) in [5, 5.41) is 10.1. The Balaban J connectivity index is 1.05. The van der Waals surface area contributed by atoms with Crippen molar-refractivity contribution in [2.75, 3.05) is 0 Å². The van der Waals surface area contributed by atoms with Crippen LogP contribution in [-0.4, -0.2) is 19.3 Å². The molecule has 0 saturated carbocycles. The van der Waals surface area contributed by atoms with E-state index in [0.717, 1.165) is 61.1 Å². The minimum absolute atomic E-state index is 0.629. The summed E-state index contributed by atoms with van der Waals surface area (Å²) in [6, 6.07) is 88.6. The Bertz CT molecular complexity index is 3870. The third-order valence-corrected chi connectivity index (χ3v) is 13.3. The number of hydrogen-bond donors (Lipinski definition) is 0. The Kier molecular flexibility index (Phi) is 9.43. The van der Waals surface area contributed by atoms with Gasteiger partial charge in [-0.1, -0.05) is 223 Å². The zero-order valence-electron chi connectivity index (χ0n) is 37.0. The molecule has 13 rings (SSSR count). The lowest BCUT2D eigenvalue weighted by Gasteiger charge is -2.18. The second kappa shape index (κ2) is 16.4. The van der Waals surface area contributed by atoms with Crippen LogP contribution in [-0.2, 0) is 0 Å². The van der Waals surface area contributed by atoms with E-state index in [1.54, 1.807) is 0 Å². The van der Waals surface area contributed by atoms with E-state index >= 15 is 0 Å². The topological polar surface area (TPSA) is 39.5 Å². The smallest absolute Gasteiger partial charge is 0.257 e. The fourth-order valence-corrected chi connectivity index (χ4v) is 10.1. The highest BCUT2D eigenvalue weighted by Crippen LogP contribution is 2.44. The first kappa shape index (κ1) is 39.2. The first-order valence-electron chi connectivity index (χ1n) is 23.1. The number of rotatable bonds is 8. The van der Waals surface area contributed by atoms with Crippen molar-refractivity contribution in [2.45, 2.75) is 0 Å². The van der Waals surface area contributed by atoms with Gasteiger partial charge in [0.15, 0.2) is 0 Å². The zero-order valence-corrected chi connectivity index (χ0v) is 37.0. The van der Waals surface area contributed by atoms with Crippen molar-refractivity contribution in [3.05, 3.63) is 255 Å². The fourth-order valence-electron chi connectivity index (χ4n) is 10.1. The van der Waals surface area contributed by atoms with Crippen LogP contribution in [0, 0.1) is 0 Å². The largest absolute Gasteiger partial charge is 0.309 e. The normalized spacial score (nSPS) is 11.5. The van der Waals surface area contributed by atoms with E-state index in [1.165, 1.54) is 49.5 Å². The monoisotopic (exact) mass is 868 g/mol. The quantitative estimate of drug-likeness (QED) is 0.143. The van der Waals surface area contributed by atoms with Gasteiger partial charge in [0.25, 0.3) is 6.20 Å². The molecule has 68 heavy (non-hydrogen) atoms. The molecule has 0 aliphatic rings. The summed E-state index contributed by atoms with van der Waals surface area (Å²) < 4.78 is 4.73. The second-order valence-electron chi connectivity index (χ2n) is 17.2. The summed E-state index contributed by atoms with van der Waals surface area (Å²) in [4.78, 5) is 7.29. The molecular weight excluding hydrogens is 827 g/mol. The van der Waals surface area contributed by atoms with Crippen LogP contribution in [0.3, 0.4) is 0 Å². The summed E-state index contributed by atoms with van der Waals surface area (Å²) in [6.45, 7) is 0. The number of fused-ring (bicyclic) bond motifs is 7. The first-order valence-corrected chi connectivity index (χ1v) is 23.1. The van der Waals surface area contributed by atoms with E-state index in [0.29, 0.717) is 5.82 Å². The summed E-state index contributed by atoms with van der Waals surface area (Å²) in [7, 11) is 0. The van der Waals surface area contributed by atoms with Crippen LogP contribution in [0.25, 0.3) is 116 Å². The molecule has 0 N–H and O–H groups in total. The lowest BCUT2D eigenvalue weighted by Crippen LogP contribution is -2.45. The van der Waals surface area contributed by atoms with Crippen LogP contribution in [0.5, 0.6) is 0 Å². The van der Waals surface area contributed by atoms with Crippen LogP contribution in [0.1, 0.15) is 0 Å². The van der Waals surface area contributed by atoms with E-state index in [1.807, 2.05) is 10.9 Å². The number of aromatic nitrogens is 5. The van der Waals surface area contributed by atoms with Gasteiger partial charge in [-0.3, -0.25) is 0 Å². The predicted octanol–water partition coefficient (Wildman–Crippen LogP) is 15.3. The molecule has 0 unspecified atom stereocenters. The summed E-state index contributed by atoms with van der Waals surface area (Å²) in [5.74, 6) is 0.629. The molecule has 0 saturated heterocycles. The fraction of sp³-hybridized carbons (Fsp3) is 0. The van der Waals surface area contributed by atoms with Crippen molar-refractivity contribution < 1.29 is 4.79 Å². The molecule has 5 nitrogen and oxygen atoms in total. The van der Waals surface area contributed by atoms with E-state index in [2.05, 4.69) is 258 Å². The first-order chi connectivity index (χ1) is 33.7. The molecule has 3 aromatic heterocycles. The number of benzene rings is 10. The molecular formula is C63H42N5+. The van der Waals surface area contributed by atoms with E-state index in [-0.39, 0.29) is 0 Å². The number of para-hydroxylation sites is 2. The maximum absolute atomic E-state index is 5.38. The minimum Gasteiger partial charge on any atom is -0.309 e. The van der Waals surface area contributed by atoms with Gasteiger partial charge in [0.1, 0.15) is 16.7 Å². The number of nitrogens with zero attached hydrogens (tertiary/aromatic N) is 5.